The molecule has 23 heavy (non-hydrogen) atoms. The second kappa shape index (κ2) is 6.17. The summed E-state index contributed by atoms with van der Waals surface area (Å²) in [5.41, 5.74) is 6.16. The lowest BCUT2D eigenvalue weighted by molar-refractivity contribution is -0.116. The van der Waals surface area contributed by atoms with Gasteiger partial charge in [-0.15, -0.1) is 0 Å². The molecular weight excluding hydrogens is 286 g/mol. The minimum atomic E-state index is 0.0796. The summed E-state index contributed by atoms with van der Waals surface area (Å²) >= 11 is 0. The van der Waals surface area contributed by atoms with Crippen LogP contribution in [0.1, 0.15) is 36.8 Å². The van der Waals surface area contributed by atoms with E-state index in [0.29, 0.717) is 6.42 Å². The molecule has 118 valence electrons. The van der Waals surface area contributed by atoms with Gasteiger partial charge in [0.05, 0.1) is 6.10 Å². The number of carbonyl (C=O) groups excluding carboxylic acids is 1. The Hall–Kier alpha value is -2.13. The zero-order valence-corrected chi connectivity index (χ0v) is 13.2. The van der Waals surface area contributed by atoms with Crippen LogP contribution < -0.4 is 5.32 Å². The number of ether oxygens (including phenoxy) is 1. The minimum absolute atomic E-state index is 0.0796. The second-order valence-corrected chi connectivity index (χ2v) is 6.43. The van der Waals surface area contributed by atoms with Gasteiger partial charge in [-0.05, 0) is 60.1 Å². The van der Waals surface area contributed by atoms with Gasteiger partial charge >= 0.3 is 0 Å². The number of carbonyl (C=O) groups is 1. The Balaban J connectivity index is 1.41. The van der Waals surface area contributed by atoms with Crippen molar-refractivity contribution in [2.24, 2.45) is 0 Å². The normalized spacial score (nSPS) is 18.5. The fourth-order valence-electron chi connectivity index (χ4n) is 3.61. The molecule has 4 rings (SSSR count). The molecule has 1 N–H and O–H groups in total. The maximum Gasteiger partial charge on any atom is 0.224 e. The molecule has 0 bridgehead atoms. The molecule has 1 saturated heterocycles. The van der Waals surface area contributed by atoms with Crippen molar-refractivity contribution >= 4 is 11.6 Å². The van der Waals surface area contributed by atoms with Crippen molar-refractivity contribution in [2.45, 2.75) is 38.2 Å². The van der Waals surface area contributed by atoms with Gasteiger partial charge in [-0.25, -0.2) is 0 Å². The van der Waals surface area contributed by atoms with E-state index in [-0.39, 0.29) is 12.0 Å². The van der Waals surface area contributed by atoms with Crippen molar-refractivity contribution in [1.82, 2.24) is 0 Å². The molecule has 0 radical (unpaired) electrons. The molecular formula is C20H21NO2. The molecule has 3 nitrogen and oxygen atoms in total. The zero-order valence-electron chi connectivity index (χ0n) is 13.2. The lowest BCUT2D eigenvalue weighted by Crippen LogP contribution is -2.15. The van der Waals surface area contributed by atoms with E-state index >= 15 is 0 Å². The molecule has 2 aliphatic rings. The lowest BCUT2D eigenvalue weighted by atomic mass is 10.1. The molecule has 1 aliphatic carbocycles. The first-order valence-corrected chi connectivity index (χ1v) is 8.42. The molecule has 0 spiro atoms. The molecule has 2 aromatic rings. The average Bonchev–Trinajstić information content (AvgIpc) is 3.20. The molecule has 1 heterocycles. The molecule has 0 aromatic heterocycles. The molecule has 1 atom stereocenters. The van der Waals surface area contributed by atoms with Crippen molar-refractivity contribution in [3.05, 3.63) is 53.6 Å². The van der Waals surface area contributed by atoms with E-state index in [9.17, 15) is 4.79 Å². The zero-order chi connectivity index (χ0) is 15.6. The van der Waals surface area contributed by atoms with Crippen LogP contribution in [0.15, 0.2) is 42.5 Å². The molecule has 1 fully saturated rings. The van der Waals surface area contributed by atoms with Crippen molar-refractivity contribution in [2.75, 3.05) is 11.9 Å². The Bertz CT molecular complexity index is 732. The van der Waals surface area contributed by atoms with Crippen molar-refractivity contribution in [3.63, 3.8) is 0 Å². The van der Waals surface area contributed by atoms with Crippen LogP contribution in [0.3, 0.4) is 0 Å². The van der Waals surface area contributed by atoms with Crippen LogP contribution in [-0.2, 0) is 16.0 Å². The first-order chi connectivity index (χ1) is 11.3. The highest BCUT2D eigenvalue weighted by molar-refractivity contribution is 5.91. The summed E-state index contributed by atoms with van der Waals surface area (Å²) < 4.78 is 5.57. The maximum absolute atomic E-state index is 12.1. The first kappa shape index (κ1) is 14.5. The van der Waals surface area contributed by atoms with E-state index in [2.05, 4.69) is 41.7 Å². The largest absolute Gasteiger partial charge is 0.378 e. The number of benzene rings is 2. The highest BCUT2D eigenvalue weighted by Gasteiger charge is 2.19. The summed E-state index contributed by atoms with van der Waals surface area (Å²) in [6.45, 7) is 0.845. The van der Waals surface area contributed by atoms with E-state index in [1.807, 2.05) is 6.07 Å². The van der Waals surface area contributed by atoms with Gasteiger partial charge in [-0.1, -0.05) is 30.3 Å². The second-order valence-electron chi connectivity index (χ2n) is 6.43. The van der Waals surface area contributed by atoms with Gasteiger partial charge in [0.1, 0.15) is 0 Å². The highest BCUT2D eigenvalue weighted by Crippen LogP contribution is 2.37. The SMILES string of the molecule is O=C(CC[C@H]1CCCO1)Nc1ccc2c(c1)Cc1ccccc1-2. The van der Waals surface area contributed by atoms with E-state index in [1.54, 1.807) is 0 Å². The summed E-state index contributed by atoms with van der Waals surface area (Å²) in [6, 6.07) is 14.7. The molecule has 2 aromatic carbocycles. The summed E-state index contributed by atoms with van der Waals surface area (Å²) in [5.74, 6) is 0.0796. The van der Waals surface area contributed by atoms with Crippen LogP contribution in [0.4, 0.5) is 5.69 Å². The Morgan fingerprint density at radius 2 is 2.00 bits per heavy atom. The van der Waals surface area contributed by atoms with Crippen LogP contribution in [0.25, 0.3) is 11.1 Å². The number of fused-ring (bicyclic) bond motifs is 3. The predicted octanol–water partition coefficient (Wildman–Crippen LogP) is 4.16. The highest BCUT2D eigenvalue weighted by atomic mass is 16.5. The Kier molecular flexibility index (Phi) is 3.88. The monoisotopic (exact) mass is 307 g/mol. The Morgan fingerprint density at radius 3 is 2.87 bits per heavy atom. The number of hydrogen-bond acceptors (Lipinski definition) is 2. The fourth-order valence-corrected chi connectivity index (χ4v) is 3.61. The summed E-state index contributed by atoms with van der Waals surface area (Å²) in [5, 5.41) is 3.03. The van der Waals surface area contributed by atoms with Crippen molar-refractivity contribution in [3.8, 4) is 11.1 Å². The molecule has 1 amide bonds. The minimum Gasteiger partial charge on any atom is -0.378 e. The van der Waals surface area contributed by atoms with Gasteiger partial charge in [0.2, 0.25) is 5.91 Å². The average molecular weight is 307 g/mol. The lowest BCUT2D eigenvalue weighted by Gasteiger charge is -2.10. The van der Waals surface area contributed by atoms with E-state index < -0.39 is 0 Å². The van der Waals surface area contributed by atoms with Crippen molar-refractivity contribution in [1.29, 1.82) is 0 Å². The van der Waals surface area contributed by atoms with Crippen LogP contribution in [0, 0.1) is 0 Å². The Morgan fingerprint density at radius 1 is 1.13 bits per heavy atom. The predicted molar refractivity (Wildman–Crippen MR) is 91.5 cm³/mol. The van der Waals surface area contributed by atoms with Crippen LogP contribution in [0.5, 0.6) is 0 Å². The number of anilines is 1. The summed E-state index contributed by atoms with van der Waals surface area (Å²) in [6.07, 6.45) is 4.78. The fraction of sp³-hybridized carbons (Fsp3) is 0.350. The Labute approximate surface area is 136 Å². The van der Waals surface area contributed by atoms with Gasteiger partial charge in [-0.2, -0.15) is 0 Å². The van der Waals surface area contributed by atoms with Crippen LogP contribution in [-0.4, -0.2) is 18.6 Å². The van der Waals surface area contributed by atoms with Crippen LogP contribution in [0.2, 0.25) is 0 Å². The first-order valence-electron chi connectivity index (χ1n) is 8.42. The molecule has 1 aliphatic heterocycles. The van der Waals surface area contributed by atoms with Gasteiger partial charge in [0, 0.05) is 18.7 Å². The summed E-state index contributed by atoms with van der Waals surface area (Å²) in [7, 11) is 0. The molecule has 0 unspecified atom stereocenters. The third-order valence-electron chi connectivity index (χ3n) is 4.79. The van der Waals surface area contributed by atoms with E-state index in [1.165, 1.54) is 22.3 Å². The van der Waals surface area contributed by atoms with Gasteiger partial charge in [0.15, 0.2) is 0 Å². The third-order valence-corrected chi connectivity index (χ3v) is 4.79. The standard InChI is InChI=1S/C20H21NO2/c22-20(10-8-17-5-3-11-23-17)21-16-7-9-19-15(13-16)12-14-4-1-2-6-18(14)19/h1-2,4,6-7,9,13,17H,3,5,8,10-12H2,(H,21,22)/t17-/m1/s1. The van der Waals surface area contributed by atoms with Gasteiger partial charge < -0.3 is 10.1 Å². The topological polar surface area (TPSA) is 38.3 Å². The molecule has 3 heteroatoms. The van der Waals surface area contributed by atoms with Crippen LogP contribution >= 0.6 is 0 Å². The number of hydrogen-bond donors (Lipinski definition) is 1. The van der Waals surface area contributed by atoms with E-state index in [4.69, 9.17) is 4.74 Å². The quantitative estimate of drug-likeness (QED) is 0.786. The van der Waals surface area contributed by atoms with Gasteiger partial charge in [-0.3, -0.25) is 4.79 Å². The maximum atomic E-state index is 12.1. The van der Waals surface area contributed by atoms with Crippen molar-refractivity contribution < 1.29 is 9.53 Å². The van der Waals surface area contributed by atoms with Gasteiger partial charge in [0.25, 0.3) is 0 Å². The smallest absolute Gasteiger partial charge is 0.224 e. The van der Waals surface area contributed by atoms with E-state index in [0.717, 1.165) is 38.0 Å². The number of amides is 1. The number of rotatable bonds is 4. The number of nitrogens with one attached hydrogen (secondary N) is 1. The summed E-state index contributed by atoms with van der Waals surface area (Å²) in [4.78, 5) is 12.1. The molecule has 0 saturated carbocycles. The third kappa shape index (κ3) is 3.02.